The highest BCUT2D eigenvalue weighted by atomic mass is 16.6. The lowest BCUT2D eigenvalue weighted by Crippen LogP contribution is -2.34. The number of hydrogen-bond acceptors (Lipinski definition) is 6. The van der Waals surface area contributed by atoms with Crippen LogP contribution in [0.15, 0.2) is 0 Å². The minimum atomic E-state index is -0.430. The lowest BCUT2D eigenvalue weighted by Gasteiger charge is -2.26. The van der Waals surface area contributed by atoms with Gasteiger partial charge in [0.25, 0.3) is 0 Å². The second kappa shape index (κ2) is 4.64. The van der Waals surface area contributed by atoms with Gasteiger partial charge in [0.1, 0.15) is 5.69 Å². The van der Waals surface area contributed by atoms with E-state index in [9.17, 15) is 10.1 Å². The molecule has 19 heavy (non-hydrogen) atoms. The SMILES string of the molecule is CNc1nc(C)c([N+](=O)[O-])c(NC(C)(C)C2CC2)n1. The summed E-state index contributed by atoms with van der Waals surface area (Å²) in [6.07, 6.45) is 2.30. The van der Waals surface area contributed by atoms with Gasteiger partial charge in [0, 0.05) is 12.6 Å². The van der Waals surface area contributed by atoms with E-state index in [0.717, 1.165) is 12.8 Å². The highest BCUT2D eigenvalue weighted by Crippen LogP contribution is 2.42. The maximum atomic E-state index is 11.2. The zero-order valence-electron chi connectivity index (χ0n) is 11.6. The average Bonchev–Trinajstić information content (AvgIpc) is 3.10. The predicted octanol–water partition coefficient (Wildman–Crippen LogP) is 2.34. The van der Waals surface area contributed by atoms with Crippen LogP contribution < -0.4 is 10.6 Å². The van der Waals surface area contributed by atoms with Crippen LogP contribution in [0.1, 0.15) is 32.4 Å². The van der Waals surface area contributed by atoms with Crippen LogP contribution in [0.2, 0.25) is 0 Å². The summed E-state index contributed by atoms with van der Waals surface area (Å²) in [6.45, 7) is 5.71. The van der Waals surface area contributed by atoms with E-state index in [1.807, 2.05) is 13.8 Å². The van der Waals surface area contributed by atoms with Crippen LogP contribution in [-0.2, 0) is 0 Å². The van der Waals surface area contributed by atoms with Crippen molar-refractivity contribution in [3.05, 3.63) is 15.8 Å². The predicted molar refractivity (Wildman–Crippen MR) is 73.4 cm³/mol. The second-order valence-corrected chi connectivity index (χ2v) is 5.46. The molecule has 1 fully saturated rings. The first-order chi connectivity index (χ1) is 8.85. The Bertz CT molecular complexity index is 511. The van der Waals surface area contributed by atoms with Gasteiger partial charge in [-0.05, 0) is 39.5 Å². The number of hydrogen-bond donors (Lipinski definition) is 2. The molecule has 0 bridgehead atoms. The third-order valence-corrected chi connectivity index (χ3v) is 3.50. The molecule has 1 aliphatic rings. The second-order valence-electron chi connectivity index (χ2n) is 5.46. The molecule has 0 amide bonds. The number of anilines is 2. The van der Waals surface area contributed by atoms with Gasteiger partial charge in [-0.15, -0.1) is 0 Å². The highest BCUT2D eigenvalue weighted by Gasteiger charge is 2.39. The lowest BCUT2D eigenvalue weighted by atomic mass is 9.99. The van der Waals surface area contributed by atoms with E-state index in [1.54, 1.807) is 14.0 Å². The molecule has 104 valence electrons. The van der Waals surface area contributed by atoms with E-state index in [4.69, 9.17) is 0 Å². The van der Waals surface area contributed by atoms with Gasteiger partial charge in [0.05, 0.1) is 4.92 Å². The Balaban J connectivity index is 2.41. The van der Waals surface area contributed by atoms with Crippen LogP contribution in [-0.4, -0.2) is 27.5 Å². The fourth-order valence-corrected chi connectivity index (χ4v) is 2.20. The van der Waals surface area contributed by atoms with Crippen molar-refractivity contribution in [1.29, 1.82) is 0 Å². The Morgan fingerprint density at radius 3 is 2.47 bits per heavy atom. The van der Waals surface area contributed by atoms with Gasteiger partial charge in [-0.1, -0.05) is 0 Å². The van der Waals surface area contributed by atoms with Gasteiger partial charge in [-0.3, -0.25) is 10.1 Å². The van der Waals surface area contributed by atoms with Gasteiger partial charge in [-0.2, -0.15) is 4.98 Å². The van der Waals surface area contributed by atoms with E-state index in [0.29, 0.717) is 23.4 Å². The van der Waals surface area contributed by atoms with E-state index < -0.39 is 4.92 Å². The number of nitrogens with one attached hydrogen (secondary N) is 2. The smallest absolute Gasteiger partial charge is 0.332 e. The Morgan fingerprint density at radius 2 is 2.00 bits per heavy atom. The van der Waals surface area contributed by atoms with Crippen molar-refractivity contribution in [2.24, 2.45) is 5.92 Å². The third kappa shape index (κ3) is 2.74. The van der Waals surface area contributed by atoms with Crippen molar-refractivity contribution in [1.82, 2.24) is 9.97 Å². The normalized spacial score (nSPS) is 15.2. The van der Waals surface area contributed by atoms with Gasteiger partial charge in [0.2, 0.25) is 11.8 Å². The van der Waals surface area contributed by atoms with Crippen LogP contribution in [0.3, 0.4) is 0 Å². The number of rotatable bonds is 5. The molecule has 2 N–H and O–H groups in total. The number of nitrogens with zero attached hydrogens (tertiary/aromatic N) is 3. The van der Waals surface area contributed by atoms with Crippen LogP contribution in [0.25, 0.3) is 0 Å². The van der Waals surface area contributed by atoms with Gasteiger partial charge in [-0.25, -0.2) is 4.98 Å². The highest BCUT2D eigenvalue weighted by molar-refractivity contribution is 5.61. The lowest BCUT2D eigenvalue weighted by molar-refractivity contribution is -0.385. The van der Waals surface area contributed by atoms with Crippen LogP contribution >= 0.6 is 0 Å². The molecular formula is C12H19N5O2. The molecule has 1 saturated carbocycles. The van der Waals surface area contributed by atoms with Gasteiger partial charge >= 0.3 is 5.69 Å². The molecule has 0 atom stereocenters. The minimum absolute atomic E-state index is 0.0484. The summed E-state index contributed by atoms with van der Waals surface area (Å²) < 4.78 is 0. The molecule has 0 spiro atoms. The first-order valence-corrected chi connectivity index (χ1v) is 6.34. The quantitative estimate of drug-likeness (QED) is 0.627. The molecule has 2 rings (SSSR count). The maximum Gasteiger partial charge on any atom is 0.332 e. The Labute approximate surface area is 112 Å². The van der Waals surface area contributed by atoms with E-state index >= 15 is 0 Å². The Morgan fingerprint density at radius 1 is 1.37 bits per heavy atom. The topological polar surface area (TPSA) is 93.0 Å². The maximum absolute atomic E-state index is 11.2. The van der Waals surface area contributed by atoms with Crippen molar-refractivity contribution in [2.75, 3.05) is 17.7 Å². The van der Waals surface area contributed by atoms with Crippen molar-refractivity contribution < 1.29 is 4.92 Å². The minimum Gasteiger partial charge on any atom is -0.359 e. The molecular weight excluding hydrogens is 246 g/mol. The molecule has 1 aliphatic carbocycles. The Hall–Kier alpha value is -1.92. The van der Waals surface area contributed by atoms with Crippen LogP contribution in [0.4, 0.5) is 17.5 Å². The molecule has 0 radical (unpaired) electrons. The molecule has 0 aromatic carbocycles. The van der Waals surface area contributed by atoms with E-state index in [1.165, 1.54) is 0 Å². The van der Waals surface area contributed by atoms with Crippen molar-refractivity contribution in [3.8, 4) is 0 Å². The van der Waals surface area contributed by atoms with Gasteiger partial charge < -0.3 is 10.6 Å². The molecule has 1 heterocycles. The number of aryl methyl sites for hydroxylation is 1. The summed E-state index contributed by atoms with van der Waals surface area (Å²) in [5, 5.41) is 17.2. The summed E-state index contributed by atoms with van der Waals surface area (Å²) in [5.41, 5.74) is 0.113. The Kier molecular flexibility index (Phi) is 3.30. The van der Waals surface area contributed by atoms with Crippen LogP contribution in [0, 0.1) is 23.0 Å². The summed E-state index contributed by atoms with van der Waals surface area (Å²) >= 11 is 0. The van der Waals surface area contributed by atoms with E-state index in [2.05, 4.69) is 20.6 Å². The van der Waals surface area contributed by atoms with Crippen molar-refractivity contribution in [2.45, 2.75) is 39.2 Å². The molecule has 7 heteroatoms. The molecule has 7 nitrogen and oxygen atoms in total. The summed E-state index contributed by atoms with van der Waals surface area (Å²) in [7, 11) is 1.69. The third-order valence-electron chi connectivity index (χ3n) is 3.50. The van der Waals surface area contributed by atoms with Crippen molar-refractivity contribution in [3.63, 3.8) is 0 Å². The molecule has 1 aromatic heterocycles. The standard InChI is InChI=1S/C12H19N5O2/c1-7-9(17(18)19)10(15-11(13-4)14-7)16-12(2,3)8-5-6-8/h8H,5-6H2,1-4H3,(H2,13,14,15,16). The largest absolute Gasteiger partial charge is 0.359 e. The summed E-state index contributed by atoms with van der Waals surface area (Å²) in [6, 6.07) is 0. The first kappa shape index (κ1) is 13.5. The zero-order valence-corrected chi connectivity index (χ0v) is 11.6. The first-order valence-electron chi connectivity index (χ1n) is 6.34. The van der Waals surface area contributed by atoms with Crippen LogP contribution in [0.5, 0.6) is 0 Å². The molecule has 1 aromatic rings. The monoisotopic (exact) mass is 265 g/mol. The number of nitro groups is 1. The van der Waals surface area contributed by atoms with Crippen molar-refractivity contribution >= 4 is 17.5 Å². The van der Waals surface area contributed by atoms with Gasteiger partial charge in [0.15, 0.2) is 0 Å². The van der Waals surface area contributed by atoms with E-state index in [-0.39, 0.29) is 11.2 Å². The fourth-order valence-electron chi connectivity index (χ4n) is 2.20. The molecule has 0 aliphatic heterocycles. The average molecular weight is 265 g/mol. The summed E-state index contributed by atoms with van der Waals surface area (Å²) in [5.74, 6) is 1.22. The molecule has 0 saturated heterocycles. The number of aromatic nitrogens is 2. The fraction of sp³-hybridized carbons (Fsp3) is 0.667. The molecule has 0 unspecified atom stereocenters. The zero-order chi connectivity index (χ0) is 14.2. The summed E-state index contributed by atoms with van der Waals surface area (Å²) in [4.78, 5) is 19.0.